The normalized spacial score (nSPS) is 10.9. The van der Waals surface area contributed by atoms with Gasteiger partial charge >= 0.3 is 0 Å². The number of ether oxygens (including phenoxy) is 1. The molecule has 1 aromatic heterocycles. The smallest absolute Gasteiger partial charge is 0.201 e. The first-order chi connectivity index (χ1) is 13.1. The summed E-state index contributed by atoms with van der Waals surface area (Å²) in [6.07, 6.45) is 0. The Bertz CT molecular complexity index is 1090. The number of nitrogens with one attached hydrogen (secondary N) is 2. The molecule has 27 heavy (non-hydrogen) atoms. The van der Waals surface area contributed by atoms with Gasteiger partial charge in [-0.15, -0.1) is 0 Å². The molecular weight excluding hydrogens is 383 g/mol. The lowest BCUT2D eigenvalue weighted by Crippen LogP contribution is -2.01. The van der Waals surface area contributed by atoms with Crippen molar-refractivity contribution in [1.29, 1.82) is 0 Å². The van der Waals surface area contributed by atoms with Crippen molar-refractivity contribution >= 4 is 45.9 Å². The predicted molar refractivity (Wildman–Crippen MR) is 111 cm³/mol. The molecule has 1 heterocycles. The summed E-state index contributed by atoms with van der Waals surface area (Å²) in [4.78, 5) is 7.67. The second-order valence-electron chi connectivity index (χ2n) is 6.02. The highest BCUT2D eigenvalue weighted by Crippen LogP contribution is 2.28. The van der Waals surface area contributed by atoms with Crippen LogP contribution in [0, 0.1) is 0 Å². The molecule has 4 rings (SSSR count). The van der Waals surface area contributed by atoms with Gasteiger partial charge in [0.25, 0.3) is 0 Å². The lowest BCUT2D eigenvalue weighted by atomic mass is 10.2. The van der Waals surface area contributed by atoms with Crippen LogP contribution in [0.1, 0.15) is 5.56 Å². The third-order valence-electron chi connectivity index (χ3n) is 4.03. The zero-order valence-electron chi connectivity index (χ0n) is 14.2. The Morgan fingerprint density at radius 3 is 2.52 bits per heavy atom. The molecule has 4 N–H and O–H groups in total. The summed E-state index contributed by atoms with van der Waals surface area (Å²) in [5, 5.41) is 4.51. The third kappa shape index (κ3) is 4.10. The molecule has 0 spiro atoms. The number of hydrogen-bond acceptors (Lipinski definition) is 4. The van der Waals surface area contributed by atoms with Crippen LogP contribution < -0.4 is 15.8 Å². The third-order valence-corrected chi connectivity index (χ3v) is 4.63. The maximum atomic E-state index is 6.40. The van der Waals surface area contributed by atoms with Gasteiger partial charge in [-0.2, -0.15) is 0 Å². The number of nitrogens with zero attached hydrogens (tertiary/aromatic N) is 1. The van der Waals surface area contributed by atoms with Crippen LogP contribution in [0.2, 0.25) is 10.0 Å². The lowest BCUT2D eigenvalue weighted by molar-refractivity contribution is 0.482. The Kier molecular flexibility index (Phi) is 4.79. The van der Waals surface area contributed by atoms with Crippen molar-refractivity contribution in [2.75, 3.05) is 11.1 Å². The monoisotopic (exact) mass is 398 g/mol. The number of anilines is 2. The molecule has 0 aliphatic rings. The van der Waals surface area contributed by atoms with Crippen molar-refractivity contribution in [3.05, 3.63) is 76.3 Å². The van der Waals surface area contributed by atoms with Gasteiger partial charge in [0.15, 0.2) is 0 Å². The molecule has 0 unspecified atom stereocenters. The number of aromatic amines is 1. The summed E-state index contributed by atoms with van der Waals surface area (Å²) >= 11 is 12.3. The number of rotatable bonds is 5. The SMILES string of the molecule is Nc1ccc2nc(NCc3ccc(Oc4ccc(Cl)cc4)cc3Cl)[nH]c2c1. The van der Waals surface area contributed by atoms with Crippen molar-refractivity contribution in [2.24, 2.45) is 0 Å². The fraction of sp³-hybridized carbons (Fsp3) is 0.0500. The first-order valence-electron chi connectivity index (χ1n) is 8.28. The van der Waals surface area contributed by atoms with Crippen LogP contribution in [-0.2, 0) is 6.54 Å². The minimum Gasteiger partial charge on any atom is -0.457 e. The Morgan fingerprint density at radius 2 is 1.74 bits per heavy atom. The van der Waals surface area contributed by atoms with Crippen molar-refractivity contribution in [1.82, 2.24) is 9.97 Å². The van der Waals surface area contributed by atoms with Gasteiger partial charge in [0, 0.05) is 22.3 Å². The molecule has 4 aromatic rings. The highest BCUT2D eigenvalue weighted by atomic mass is 35.5. The fourth-order valence-electron chi connectivity index (χ4n) is 2.66. The van der Waals surface area contributed by atoms with E-state index in [-0.39, 0.29) is 0 Å². The number of halogens is 2. The van der Waals surface area contributed by atoms with Crippen molar-refractivity contribution in [2.45, 2.75) is 6.54 Å². The Hall–Kier alpha value is -2.89. The van der Waals surface area contributed by atoms with Crippen LogP contribution in [0.15, 0.2) is 60.7 Å². The number of nitrogens with two attached hydrogens (primary N) is 1. The minimum atomic E-state index is 0.523. The van der Waals surface area contributed by atoms with Gasteiger partial charge in [-0.25, -0.2) is 4.98 Å². The molecule has 0 aliphatic heterocycles. The van der Waals surface area contributed by atoms with Gasteiger partial charge in [-0.1, -0.05) is 29.3 Å². The molecule has 0 atom stereocenters. The standard InChI is InChI=1S/C20H16Cl2N4O/c21-13-2-6-15(7-3-13)27-16-5-1-12(17(22)10-16)11-24-20-25-18-8-4-14(23)9-19(18)26-20/h1-10H,11,23H2,(H2,24,25,26). The molecule has 5 nitrogen and oxygen atoms in total. The molecule has 0 amide bonds. The summed E-state index contributed by atoms with van der Waals surface area (Å²) < 4.78 is 5.79. The molecule has 0 aliphatic carbocycles. The number of hydrogen-bond donors (Lipinski definition) is 3. The van der Waals surface area contributed by atoms with E-state index in [1.54, 1.807) is 30.3 Å². The second-order valence-corrected chi connectivity index (χ2v) is 6.87. The fourth-order valence-corrected chi connectivity index (χ4v) is 3.03. The topological polar surface area (TPSA) is 76.0 Å². The van der Waals surface area contributed by atoms with E-state index < -0.39 is 0 Å². The van der Waals surface area contributed by atoms with Crippen LogP contribution in [-0.4, -0.2) is 9.97 Å². The van der Waals surface area contributed by atoms with E-state index in [9.17, 15) is 0 Å². The number of benzene rings is 3. The van der Waals surface area contributed by atoms with E-state index >= 15 is 0 Å². The predicted octanol–water partition coefficient (Wildman–Crippen LogP) is 5.86. The molecule has 0 fully saturated rings. The maximum Gasteiger partial charge on any atom is 0.201 e. The molecule has 3 aromatic carbocycles. The number of nitrogen functional groups attached to an aromatic ring is 1. The van der Waals surface area contributed by atoms with E-state index in [2.05, 4.69) is 15.3 Å². The highest BCUT2D eigenvalue weighted by Gasteiger charge is 2.07. The first-order valence-corrected chi connectivity index (χ1v) is 9.03. The minimum absolute atomic E-state index is 0.523. The Labute approximate surface area is 166 Å². The van der Waals surface area contributed by atoms with Gasteiger partial charge in [0.2, 0.25) is 5.95 Å². The molecule has 0 saturated heterocycles. The molecule has 0 radical (unpaired) electrons. The maximum absolute atomic E-state index is 6.40. The quantitative estimate of drug-likeness (QED) is 0.368. The van der Waals surface area contributed by atoms with Crippen molar-refractivity contribution < 1.29 is 4.74 Å². The number of fused-ring (bicyclic) bond motifs is 1. The zero-order chi connectivity index (χ0) is 18.8. The average molecular weight is 399 g/mol. The van der Waals surface area contributed by atoms with E-state index in [1.807, 2.05) is 30.3 Å². The van der Waals surface area contributed by atoms with E-state index in [0.29, 0.717) is 39.7 Å². The lowest BCUT2D eigenvalue weighted by Gasteiger charge is -2.09. The van der Waals surface area contributed by atoms with Gasteiger partial charge in [0.1, 0.15) is 11.5 Å². The largest absolute Gasteiger partial charge is 0.457 e. The van der Waals surface area contributed by atoms with Crippen LogP contribution in [0.25, 0.3) is 11.0 Å². The van der Waals surface area contributed by atoms with Crippen LogP contribution in [0.3, 0.4) is 0 Å². The number of aromatic nitrogens is 2. The second kappa shape index (κ2) is 7.39. The highest BCUT2D eigenvalue weighted by molar-refractivity contribution is 6.31. The van der Waals surface area contributed by atoms with E-state index in [4.69, 9.17) is 33.7 Å². The van der Waals surface area contributed by atoms with Gasteiger partial charge in [0.05, 0.1) is 11.0 Å². The summed E-state index contributed by atoms with van der Waals surface area (Å²) in [7, 11) is 0. The van der Waals surface area contributed by atoms with Crippen LogP contribution >= 0.6 is 23.2 Å². The molecular formula is C20H16Cl2N4O. The molecule has 136 valence electrons. The van der Waals surface area contributed by atoms with E-state index in [0.717, 1.165) is 16.6 Å². The van der Waals surface area contributed by atoms with Gasteiger partial charge in [-0.05, 0) is 60.2 Å². The molecule has 0 saturated carbocycles. The number of H-pyrrole nitrogens is 1. The van der Waals surface area contributed by atoms with Gasteiger partial charge in [-0.3, -0.25) is 0 Å². The molecule has 7 heteroatoms. The zero-order valence-corrected chi connectivity index (χ0v) is 15.7. The van der Waals surface area contributed by atoms with Gasteiger partial charge < -0.3 is 20.8 Å². The van der Waals surface area contributed by atoms with E-state index in [1.165, 1.54) is 0 Å². The van der Waals surface area contributed by atoms with Crippen LogP contribution in [0.5, 0.6) is 11.5 Å². The van der Waals surface area contributed by atoms with Crippen LogP contribution in [0.4, 0.5) is 11.6 Å². The Balaban J connectivity index is 1.44. The first kappa shape index (κ1) is 17.5. The summed E-state index contributed by atoms with van der Waals surface area (Å²) in [6.45, 7) is 0.523. The average Bonchev–Trinajstić information content (AvgIpc) is 3.05. The number of imidazole rings is 1. The van der Waals surface area contributed by atoms with Crippen molar-refractivity contribution in [3.8, 4) is 11.5 Å². The summed E-state index contributed by atoms with van der Waals surface area (Å²) in [6, 6.07) is 18.3. The summed E-state index contributed by atoms with van der Waals surface area (Å²) in [5.74, 6) is 2.02. The summed E-state index contributed by atoms with van der Waals surface area (Å²) in [5.41, 5.74) is 9.15. The van der Waals surface area contributed by atoms with Crippen molar-refractivity contribution in [3.63, 3.8) is 0 Å². The Morgan fingerprint density at radius 1 is 0.963 bits per heavy atom. The molecule has 0 bridgehead atoms.